The molecule has 0 aliphatic carbocycles. The van der Waals surface area contributed by atoms with Crippen LogP contribution in [-0.2, 0) is 0 Å². The normalized spacial score (nSPS) is 28.1. The van der Waals surface area contributed by atoms with E-state index in [1.54, 1.807) is 6.07 Å². The van der Waals surface area contributed by atoms with Gasteiger partial charge in [-0.2, -0.15) is 0 Å². The highest BCUT2D eigenvalue weighted by Gasteiger charge is 2.31. The first-order chi connectivity index (χ1) is 8.67. The minimum atomic E-state index is -0.294. The molecule has 1 fully saturated rings. The van der Waals surface area contributed by atoms with Gasteiger partial charge in [-0.05, 0) is 44.3 Å². The van der Waals surface area contributed by atoms with Crippen LogP contribution in [0.4, 0.5) is 4.39 Å². The molecule has 4 heteroatoms. The third-order valence-corrected chi connectivity index (χ3v) is 3.81. The number of nitrogens with one attached hydrogen (secondary N) is 1. The molecule has 1 aromatic carbocycles. The number of hydrogen-bond acceptors (Lipinski definition) is 3. The Morgan fingerprint density at radius 3 is 2.94 bits per heavy atom. The van der Waals surface area contributed by atoms with Gasteiger partial charge in [0.25, 0.3) is 0 Å². The van der Waals surface area contributed by atoms with E-state index in [1.807, 2.05) is 6.07 Å². The molecule has 18 heavy (non-hydrogen) atoms. The molecule has 0 aromatic heterocycles. The van der Waals surface area contributed by atoms with E-state index in [0.29, 0.717) is 24.3 Å². The average Bonchev–Trinajstić information content (AvgIpc) is 2.38. The van der Waals surface area contributed by atoms with Gasteiger partial charge in [0.05, 0.1) is 7.11 Å². The van der Waals surface area contributed by atoms with Crippen LogP contribution in [0.1, 0.15) is 24.8 Å². The Hall–Kier alpha value is -1.13. The Labute approximate surface area is 108 Å². The fourth-order valence-corrected chi connectivity index (χ4v) is 2.81. The lowest BCUT2D eigenvalue weighted by Gasteiger charge is -2.36. The van der Waals surface area contributed by atoms with Gasteiger partial charge in [-0.3, -0.25) is 0 Å². The Morgan fingerprint density at radius 2 is 2.28 bits per heavy atom. The molecule has 0 radical (unpaired) electrons. The van der Waals surface area contributed by atoms with Crippen molar-refractivity contribution in [3.05, 3.63) is 29.6 Å². The van der Waals surface area contributed by atoms with Gasteiger partial charge in [0.1, 0.15) is 0 Å². The second kappa shape index (κ2) is 5.67. The molecular formula is C14H21FN2O. The Balaban J connectivity index is 2.36. The summed E-state index contributed by atoms with van der Waals surface area (Å²) in [5, 5.41) is 3.42. The number of methoxy groups -OCH3 is 1. The summed E-state index contributed by atoms with van der Waals surface area (Å²) in [4.78, 5) is 0. The van der Waals surface area contributed by atoms with E-state index in [4.69, 9.17) is 10.5 Å². The minimum absolute atomic E-state index is 0.261. The SMILES string of the molecule is COc1c(F)cccc1C1CC(C)NCC1CN. The van der Waals surface area contributed by atoms with Crippen LogP contribution < -0.4 is 15.8 Å². The van der Waals surface area contributed by atoms with Crippen molar-refractivity contribution >= 4 is 0 Å². The first kappa shape index (κ1) is 13.3. The number of para-hydroxylation sites is 1. The lowest BCUT2D eigenvalue weighted by molar-refractivity contribution is 0.276. The zero-order valence-electron chi connectivity index (χ0n) is 10.9. The predicted molar refractivity (Wildman–Crippen MR) is 70.3 cm³/mol. The molecule has 3 nitrogen and oxygen atoms in total. The summed E-state index contributed by atoms with van der Waals surface area (Å²) in [7, 11) is 1.52. The quantitative estimate of drug-likeness (QED) is 0.863. The molecular weight excluding hydrogens is 231 g/mol. The number of halogens is 1. The zero-order chi connectivity index (χ0) is 13.1. The highest BCUT2D eigenvalue weighted by Crippen LogP contribution is 2.38. The van der Waals surface area contributed by atoms with E-state index in [0.717, 1.165) is 18.5 Å². The van der Waals surface area contributed by atoms with E-state index < -0.39 is 0 Å². The lowest BCUT2D eigenvalue weighted by Crippen LogP contribution is -2.44. The van der Waals surface area contributed by atoms with E-state index in [-0.39, 0.29) is 11.7 Å². The van der Waals surface area contributed by atoms with Crippen molar-refractivity contribution in [3.63, 3.8) is 0 Å². The van der Waals surface area contributed by atoms with E-state index in [9.17, 15) is 4.39 Å². The molecule has 1 aromatic rings. The zero-order valence-corrected chi connectivity index (χ0v) is 10.9. The summed E-state index contributed by atoms with van der Waals surface area (Å²) in [6, 6.07) is 5.55. The van der Waals surface area contributed by atoms with Crippen LogP contribution >= 0.6 is 0 Å². The first-order valence-corrected chi connectivity index (χ1v) is 6.43. The van der Waals surface area contributed by atoms with Crippen molar-refractivity contribution in [1.82, 2.24) is 5.32 Å². The maximum atomic E-state index is 13.8. The van der Waals surface area contributed by atoms with Crippen LogP contribution in [0.15, 0.2) is 18.2 Å². The topological polar surface area (TPSA) is 47.3 Å². The fourth-order valence-electron chi connectivity index (χ4n) is 2.81. The van der Waals surface area contributed by atoms with Gasteiger partial charge >= 0.3 is 0 Å². The largest absolute Gasteiger partial charge is 0.493 e. The summed E-state index contributed by atoms with van der Waals surface area (Å²) in [6.07, 6.45) is 0.960. The molecule has 1 saturated heterocycles. The number of rotatable bonds is 3. The predicted octanol–water partition coefficient (Wildman–Crippen LogP) is 1.87. The molecule has 1 aliphatic heterocycles. The fraction of sp³-hybridized carbons (Fsp3) is 0.571. The van der Waals surface area contributed by atoms with Crippen LogP contribution in [0.5, 0.6) is 5.75 Å². The van der Waals surface area contributed by atoms with Crippen LogP contribution in [0.3, 0.4) is 0 Å². The number of ether oxygens (including phenoxy) is 1. The minimum Gasteiger partial charge on any atom is -0.493 e. The van der Waals surface area contributed by atoms with Crippen molar-refractivity contribution < 1.29 is 9.13 Å². The van der Waals surface area contributed by atoms with Crippen molar-refractivity contribution in [2.75, 3.05) is 20.2 Å². The van der Waals surface area contributed by atoms with Crippen LogP contribution in [0, 0.1) is 11.7 Å². The molecule has 3 unspecified atom stereocenters. The van der Waals surface area contributed by atoms with Gasteiger partial charge in [0.2, 0.25) is 0 Å². The Kier molecular flexibility index (Phi) is 4.19. The third-order valence-electron chi connectivity index (χ3n) is 3.81. The highest BCUT2D eigenvalue weighted by molar-refractivity contribution is 5.38. The van der Waals surface area contributed by atoms with Gasteiger partial charge in [-0.1, -0.05) is 12.1 Å². The Bertz CT molecular complexity index is 411. The summed E-state index contributed by atoms with van der Waals surface area (Å²) in [5.41, 5.74) is 6.78. The molecule has 0 bridgehead atoms. The number of nitrogens with two attached hydrogens (primary N) is 1. The second-order valence-electron chi connectivity index (χ2n) is 5.01. The highest BCUT2D eigenvalue weighted by atomic mass is 19.1. The van der Waals surface area contributed by atoms with Crippen LogP contribution in [0.2, 0.25) is 0 Å². The number of piperidine rings is 1. The van der Waals surface area contributed by atoms with Gasteiger partial charge in [0.15, 0.2) is 11.6 Å². The van der Waals surface area contributed by atoms with E-state index >= 15 is 0 Å². The third kappa shape index (κ3) is 2.49. The monoisotopic (exact) mass is 252 g/mol. The van der Waals surface area contributed by atoms with Crippen LogP contribution in [0.25, 0.3) is 0 Å². The summed E-state index contributed by atoms with van der Waals surface area (Å²) in [6.45, 7) is 3.62. The summed E-state index contributed by atoms with van der Waals surface area (Å²) < 4.78 is 19.0. The van der Waals surface area contributed by atoms with Crippen molar-refractivity contribution in [2.45, 2.75) is 25.3 Å². The molecule has 0 spiro atoms. The Morgan fingerprint density at radius 1 is 1.50 bits per heavy atom. The molecule has 100 valence electrons. The molecule has 0 saturated carbocycles. The molecule has 2 rings (SSSR count). The van der Waals surface area contributed by atoms with Crippen LogP contribution in [-0.4, -0.2) is 26.2 Å². The summed E-state index contributed by atoms with van der Waals surface area (Å²) >= 11 is 0. The molecule has 1 aliphatic rings. The van der Waals surface area contributed by atoms with Crippen molar-refractivity contribution in [1.29, 1.82) is 0 Å². The molecule has 0 amide bonds. The first-order valence-electron chi connectivity index (χ1n) is 6.43. The molecule has 3 N–H and O–H groups in total. The van der Waals surface area contributed by atoms with E-state index in [2.05, 4.69) is 12.2 Å². The van der Waals surface area contributed by atoms with Gasteiger partial charge < -0.3 is 15.8 Å². The maximum absolute atomic E-state index is 13.8. The number of benzene rings is 1. The van der Waals surface area contributed by atoms with E-state index in [1.165, 1.54) is 13.2 Å². The maximum Gasteiger partial charge on any atom is 0.165 e. The van der Waals surface area contributed by atoms with Crippen molar-refractivity contribution in [3.8, 4) is 5.75 Å². The average molecular weight is 252 g/mol. The van der Waals surface area contributed by atoms with Crippen molar-refractivity contribution in [2.24, 2.45) is 11.7 Å². The van der Waals surface area contributed by atoms with Gasteiger partial charge in [-0.25, -0.2) is 4.39 Å². The van der Waals surface area contributed by atoms with Gasteiger partial charge in [0, 0.05) is 11.6 Å². The molecule has 1 heterocycles. The smallest absolute Gasteiger partial charge is 0.165 e. The summed E-state index contributed by atoms with van der Waals surface area (Å²) in [5.74, 6) is 0.667. The molecule has 3 atom stereocenters. The number of hydrogen-bond donors (Lipinski definition) is 2. The standard InChI is InChI=1S/C14H21FN2O/c1-9-6-12(10(7-16)8-17-9)11-4-3-5-13(15)14(11)18-2/h3-5,9-10,12,17H,6-8,16H2,1-2H3. The second-order valence-corrected chi connectivity index (χ2v) is 5.01. The van der Waals surface area contributed by atoms with Gasteiger partial charge in [-0.15, -0.1) is 0 Å². The lowest BCUT2D eigenvalue weighted by atomic mass is 9.78.